The molecule has 4 rings (SSSR count). The zero-order valence-corrected chi connectivity index (χ0v) is 21.6. The summed E-state index contributed by atoms with van der Waals surface area (Å²) < 4.78 is 32.7. The standard InChI is InChI=1S/C23H34N4O9S/c1-12-8-13(2)36-7-3-4-14-10-23(14,21(31)26-37(34,35)16-5-6-16)25-19(29)17-9-15(28)11-27(17)20(30)18(12)24-22(32)33/h3-4,12-18,24,28H,5-11H2,1-2H3,(H,25,29)(H,26,31)(H,32,33)/b4-3-/t12-,13+,14-,15-,17+,18+,23-/m1/s1. The Morgan fingerprint density at radius 3 is 2.57 bits per heavy atom. The number of aliphatic hydroxyl groups excluding tert-OH is 1. The smallest absolute Gasteiger partial charge is 0.405 e. The summed E-state index contributed by atoms with van der Waals surface area (Å²) in [4.78, 5) is 52.7. The molecule has 0 aromatic rings. The topological polar surface area (TPSA) is 191 Å². The first-order chi connectivity index (χ1) is 17.3. The molecule has 0 radical (unpaired) electrons. The van der Waals surface area contributed by atoms with Crippen molar-refractivity contribution in [1.29, 1.82) is 0 Å². The SMILES string of the molecule is C[C@@H]1C[C@H](C)OC/C=C\[C@@H]2C[C@@]2(C(=O)NS(=O)(=O)C2CC2)NC(=O)[C@@H]2C[C@@H](O)CN2C(=O)[C@H]1NC(=O)O. The van der Waals surface area contributed by atoms with Crippen LogP contribution in [-0.2, 0) is 29.1 Å². The average Bonchev–Trinajstić information content (AvgIpc) is 3.72. The fourth-order valence-electron chi connectivity index (χ4n) is 5.20. The maximum atomic E-state index is 13.5. The lowest BCUT2D eigenvalue weighted by molar-refractivity contribution is -0.142. The minimum Gasteiger partial charge on any atom is -0.465 e. The second kappa shape index (κ2) is 10.2. The Bertz CT molecular complexity index is 1090. The van der Waals surface area contributed by atoms with Gasteiger partial charge in [0.25, 0.3) is 5.91 Å². The Morgan fingerprint density at radius 2 is 1.92 bits per heavy atom. The van der Waals surface area contributed by atoms with Gasteiger partial charge in [-0.25, -0.2) is 13.2 Å². The molecule has 0 bridgehead atoms. The second-order valence-electron chi connectivity index (χ2n) is 10.6. The average molecular weight is 543 g/mol. The summed E-state index contributed by atoms with van der Waals surface area (Å²) in [6, 6.07) is -2.36. The van der Waals surface area contributed by atoms with Crippen molar-refractivity contribution in [1.82, 2.24) is 20.3 Å². The van der Waals surface area contributed by atoms with Crippen LogP contribution in [0.1, 0.15) is 46.0 Å². The largest absolute Gasteiger partial charge is 0.465 e. The van der Waals surface area contributed by atoms with Crippen molar-refractivity contribution in [2.75, 3.05) is 13.2 Å². The van der Waals surface area contributed by atoms with Crippen molar-refractivity contribution in [3.05, 3.63) is 12.2 Å². The van der Waals surface area contributed by atoms with Gasteiger partial charge in [0.15, 0.2) is 0 Å². The molecule has 37 heavy (non-hydrogen) atoms. The number of fused-ring (bicyclic) bond motifs is 2. The highest BCUT2D eigenvalue weighted by molar-refractivity contribution is 7.91. The van der Waals surface area contributed by atoms with E-state index in [9.17, 15) is 37.8 Å². The third-order valence-corrected chi connectivity index (χ3v) is 9.31. The van der Waals surface area contributed by atoms with Crippen LogP contribution in [0.25, 0.3) is 0 Å². The molecule has 2 aliphatic heterocycles. The quantitative estimate of drug-likeness (QED) is 0.279. The summed E-state index contributed by atoms with van der Waals surface area (Å²) in [5, 5.41) is 23.9. The molecular formula is C23H34N4O9S. The molecule has 0 aromatic heterocycles. The van der Waals surface area contributed by atoms with E-state index in [1.165, 1.54) is 0 Å². The lowest BCUT2D eigenvalue weighted by Gasteiger charge is -2.32. The van der Waals surface area contributed by atoms with Crippen LogP contribution in [-0.4, -0.2) is 95.6 Å². The summed E-state index contributed by atoms with van der Waals surface area (Å²) >= 11 is 0. The Morgan fingerprint density at radius 1 is 1.22 bits per heavy atom. The van der Waals surface area contributed by atoms with E-state index in [-0.39, 0.29) is 32.1 Å². The number of carbonyl (C=O) groups is 4. The number of sulfonamides is 1. The summed E-state index contributed by atoms with van der Waals surface area (Å²) in [6.07, 6.45) is 1.91. The van der Waals surface area contributed by atoms with E-state index in [1.807, 2.05) is 0 Å². The number of nitrogens with one attached hydrogen (secondary N) is 3. The van der Waals surface area contributed by atoms with Gasteiger partial charge in [0.05, 0.1) is 24.1 Å². The predicted octanol–water partition coefficient (Wildman–Crippen LogP) is -0.931. The van der Waals surface area contributed by atoms with Crippen molar-refractivity contribution in [2.45, 2.75) is 81.0 Å². The molecule has 2 heterocycles. The van der Waals surface area contributed by atoms with Gasteiger partial charge in [0, 0.05) is 18.9 Å². The van der Waals surface area contributed by atoms with E-state index >= 15 is 0 Å². The molecule has 7 atom stereocenters. The van der Waals surface area contributed by atoms with Gasteiger partial charge in [0.2, 0.25) is 21.8 Å². The highest BCUT2D eigenvalue weighted by Gasteiger charge is 2.62. The van der Waals surface area contributed by atoms with Crippen LogP contribution in [0.3, 0.4) is 0 Å². The van der Waals surface area contributed by atoms with Crippen LogP contribution in [0, 0.1) is 11.8 Å². The lowest BCUT2D eigenvalue weighted by atomic mass is 9.94. The number of nitrogens with zero attached hydrogens (tertiary/aromatic N) is 1. The van der Waals surface area contributed by atoms with Crippen LogP contribution >= 0.6 is 0 Å². The van der Waals surface area contributed by atoms with Gasteiger partial charge in [0.1, 0.15) is 17.6 Å². The van der Waals surface area contributed by atoms with Gasteiger partial charge in [-0.15, -0.1) is 0 Å². The third-order valence-electron chi connectivity index (χ3n) is 7.49. The summed E-state index contributed by atoms with van der Waals surface area (Å²) in [5.41, 5.74) is -1.53. The summed E-state index contributed by atoms with van der Waals surface area (Å²) in [6.45, 7) is 3.47. The van der Waals surface area contributed by atoms with Crippen molar-refractivity contribution in [3.63, 3.8) is 0 Å². The Kier molecular flexibility index (Phi) is 7.55. The normalized spacial score (nSPS) is 37.8. The minimum atomic E-state index is -3.87. The molecule has 0 aromatic carbocycles. The molecule has 2 aliphatic carbocycles. The Labute approximate surface area is 215 Å². The zero-order chi connectivity index (χ0) is 27.1. The van der Waals surface area contributed by atoms with E-state index in [2.05, 4.69) is 15.4 Å². The summed E-state index contributed by atoms with van der Waals surface area (Å²) in [5.74, 6) is -3.23. The monoisotopic (exact) mass is 542 g/mol. The van der Waals surface area contributed by atoms with E-state index in [1.54, 1.807) is 26.0 Å². The molecule has 4 amide bonds. The number of rotatable bonds is 4. The molecule has 206 valence electrons. The zero-order valence-electron chi connectivity index (χ0n) is 20.8. The highest BCUT2D eigenvalue weighted by atomic mass is 32.2. The predicted molar refractivity (Wildman–Crippen MR) is 128 cm³/mol. The number of hydrogen-bond acceptors (Lipinski definition) is 8. The molecule has 5 N–H and O–H groups in total. The van der Waals surface area contributed by atoms with Gasteiger partial charge >= 0.3 is 6.09 Å². The maximum absolute atomic E-state index is 13.5. The molecule has 0 unspecified atom stereocenters. The van der Waals surface area contributed by atoms with E-state index < -0.39 is 74.7 Å². The van der Waals surface area contributed by atoms with Gasteiger partial charge in [-0.1, -0.05) is 19.1 Å². The minimum absolute atomic E-state index is 0.107. The highest BCUT2D eigenvalue weighted by Crippen LogP contribution is 2.46. The van der Waals surface area contributed by atoms with Crippen LogP contribution < -0.4 is 15.4 Å². The lowest BCUT2D eigenvalue weighted by Crippen LogP contribution is -2.59. The van der Waals surface area contributed by atoms with Crippen LogP contribution in [0.2, 0.25) is 0 Å². The van der Waals surface area contributed by atoms with Crippen molar-refractivity contribution in [2.24, 2.45) is 11.8 Å². The van der Waals surface area contributed by atoms with Crippen LogP contribution in [0.4, 0.5) is 4.79 Å². The van der Waals surface area contributed by atoms with Gasteiger partial charge in [-0.3, -0.25) is 19.1 Å². The van der Waals surface area contributed by atoms with Gasteiger partial charge in [-0.2, -0.15) is 0 Å². The number of hydrogen-bond donors (Lipinski definition) is 5. The molecule has 1 saturated heterocycles. The first kappa shape index (κ1) is 27.3. The molecule has 4 aliphatic rings. The first-order valence-corrected chi connectivity index (χ1v) is 14.0. The second-order valence-corrected chi connectivity index (χ2v) is 12.5. The maximum Gasteiger partial charge on any atom is 0.405 e. The molecule has 0 spiro atoms. The number of aliphatic hydroxyl groups is 1. The molecule has 13 nitrogen and oxygen atoms in total. The molecular weight excluding hydrogens is 508 g/mol. The fraction of sp³-hybridized carbons (Fsp3) is 0.739. The molecule has 3 fully saturated rings. The number of carboxylic acid groups (broad SMARTS) is 1. The van der Waals surface area contributed by atoms with Crippen LogP contribution in [0.15, 0.2) is 12.2 Å². The Hall–Kier alpha value is -2.71. The van der Waals surface area contributed by atoms with Gasteiger partial charge < -0.3 is 30.5 Å². The van der Waals surface area contributed by atoms with E-state index in [4.69, 9.17) is 4.74 Å². The van der Waals surface area contributed by atoms with Crippen molar-refractivity contribution in [3.8, 4) is 0 Å². The summed E-state index contributed by atoms with van der Waals surface area (Å²) in [7, 11) is -3.87. The van der Waals surface area contributed by atoms with Crippen LogP contribution in [0.5, 0.6) is 0 Å². The number of amides is 4. The van der Waals surface area contributed by atoms with E-state index in [0.29, 0.717) is 19.3 Å². The Balaban J connectivity index is 1.63. The third kappa shape index (κ3) is 5.91. The van der Waals surface area contributed by atoms with Crippen molar-refractivity contribution < 1.29 is 42.5 Å². The number of ether oxygens (including phenoxy) is 1. The van der Waals surface area contributed by atoms with E-state index in [0.717, 1.165) is 4.90 Å². The number of carbonyl (C=O) groups excluding carboxylic acids is 3. The molecule has 2 saturated carbocycles. The van der Waals surface area contributed by atoms with Crippen molar-refractivity contribution >= 4 is 33.8 Å². The van der Waals surface area contributed by atoms with Gasteiger partial charge in [-0.05, 0) is 38.5 Å². The first-order valence-electron chi connectivity index (χ1n) is 12.5. The fourth-order valence-corrected chi connectivity index (χ4v) is 6.56. The molecule has 14 heteroatoms.